The molecule has 0 radical (unpaired) electrons. The molecule has 2 heterocycles. The molecule has 2 amide bonds. The summed E-state index contributed by atoms with van der Waals surface area (Å²) in [5.41, 5.74) is 1.18. The number of urea groups is 1. The highest BCUT2D eigenvalue weighted by molar-refractivity contribution is 7.11. The second kappa shape index (κ2) is 7.92. The monoisotopic (exact) mass is 324 g/mol. The Hall–Kier alpha value is -1.14. The lowest BCUT2D eigenvalue weighted by Crippen LogP contribution is -2.44. The molecule has 0 aromatic carbocycles. The van der Waals surface area contributed by atoms with E-state index in [1.807, 2.05) is 0 Å². The lowest BCUT2D eigenvalue weighted by atomic mass is 10.3. The van der Waals surface area contributed by atoms with Crippen molar-refractivity contribution in [2.24, 2.45) is 0 Å². The maximum Gasteiger partial charge on any atom is 0.315 e. The lowest BCUT2D eigenvalue weighted by molar-refractivity contribution is 0.233. The normalized spacial score (nSPS) is 18.9. The third-order valence-electron chi connectivity index (χ3n) is 4.18. The van der Waals surface area contributed by atoms with Crippen molar-refractivity contribution < 1.29 is 4.79 Å². The molecule has 1 atom stereocenters. The van der Waals surface area contributed by atoms with Gasteiger partial charge in [-0.05, 0) is 33.6 Å². The van der Waals surface area contributed by atoms with E-state index in [1.54, 1.807) is 11.3 Å². The zero-order valence-electron chi connectivity index (χ0n) is 14.1. The Morgan fingerprint density at radius 1 is 1.50 bits per heavy atom. The maximum atomic E-state index is 11.9. The van der Waals surface area contributed by atoms with Crippen molar-refractivity contribution in [3.8, 4) is 0 Å². The number of rotatable bonds is 6. The fourth-order valence-corrected chi connectivity index (χ4v) is 3.84. The summed E-state index contributed by atoms with van der Waals surface area (Å²) in [6.07, 6.45) is 2.82. The second-order valence-electron chi connectivity index (χ2n) is 6.19. The van der Waals surface area contributed by atoms with Gasteiger partial charge in [0.1, 0.15) is 0 Å². The van der Waals surface area contributed by atoms with Crippen molar-refractivity contribution in [2.75, 3.05) is 19.6 Å². The van der Waals surface area contributed by atoms with E-state index in [2.05, 4.69) is 48.2 Å². The summed E-state index contributed by atoms with van der Waals surface area (Å²) in [4.78, 5) is 20.2. The first-order chi connectivity index (χ1) is 10.5. The van der Waals surface area contributed by atoms with Gasteiger partial charge in [-0.25, -0.2) is 9.78 Å². The van der Waals surface area contributed by atoms with Gasteiger partial charge in [-0.3, -0.25) is 4.90 Å². The molecule has 0 unspecified atom stereocenters. The van der Waals surface area contributed by atoms with E-state index >= 15 is 0 Å². The Morgan fingerprint density at radius 2 is 2.27 bits per heavy atom. The quantitative estimate of drug-likeness (QED) is 0.844. The van der Waals surface area contributed by atoms with Crippen LogP contribution < -0.4 is 10.6 Å². The van der Waals surface area contributed by atoms with Gasteiger partial charge in [0.15, 0.2) is 0 Å². The van der Waals surface area contributed by atoms with Crippen LogP contribution in [0, 0.1) is 6.92 Å². The van der Waals surface area contributed by atoms with Crippen molar-refractivity contribution in [3.05, 3.63) is 15.6 Å². The second-order valence-corrected chi connectivity index (χ2v) is 7.48. The first kappa shape index (κ1) is 17.2. The van der Waals surface area contributed by atoms with E-state index in [4.69, 9.17) is 0 Å². The summed E-state index contributed by atoms with van der Waals surface area (Å²) in [5.74, 6) is 0. The Balaban J connectivity index is 1.67. The number of nitrogens with one attached hydrogen (secondary N) is 2. The third kappa shape index (κ3) is 4.68. The van der Waals surface area contributed by atoms with E-state index in [9.17, 15) is 4.79 Å². The zero-order valence-corrected chi connectivity index (χ0v) is 14.9. The first-order valence-corrected chi connectivity index (χ1v) is 9.04. The molecule has 0 saturated carbocycles. The molecule has 1 saturated heterocycles. The van der Waals surface area contributed by atoms with Gasteiger partial charge in [-0.1, -0.05) is 6.92 Å². The molecule has 1 fully saturated rings. The lowest BCUT2D eigenvalue weighted by Gasteiger charge is -2.20. The van der Waals surface area contributed by atoms with Crippen LogP contribution in [0.5, 0.6) is 0 Å². The molecule has 1 aliphatic rings. The molecule has 6 heteroatoms. The highest BCUT2D eigenvalue weighted by Gasteiger charge is 2.25. The van der Waals surface area contributed by atoms with Crippen LogP contribution in [-0.2, 0) is 12.8 Å². The van der Waals surface area contributed by atoms with Gasteiger partial charge >= 0.3 is 6.03 Å². The molecular weight excluding hydrogens is 296 g/mol. The van der Waals surface area contributed by atoms with E-state index in [-0.39, 0.29) is 12.1 Å². The molecule has 22 heavy (non-hydrogen) atoms. The summed E-state index contributed by atoms with van der Waals surface area (Å²) in [5, 5.41) is 7.13. The molecule has 0 bridgehead atoms. The number of carbonyl (C=O) groups excluding carboxylic acids is 1. The molecule has 1 aliphatic heterocycles. The van der Waals surface area contributed by atoms with Crippen LogP contribution in [0.15, 0.2) is 0 Å². The molecule has 1 aromatic heterocycles. The molecule has 5 nitrogen and oxygen atoms in total. The van der Waals surface area contributed by atoms with Gasteiger partial charge < -0.3 is 10.6 Å². The minimum absolute atomic E-state index is 0.0559. The molecule has 0 aliphatic carbocycles. The number of hydrogen-bond donors (Lipinski definition) is 2. The van der Waals surface area contributed by atoms with Crippen LogP contribution in [0.2, 0.25) is 0 Å². The number of carbonyl (C=O) groups is 1. The van der Waals surface area contributed by atoms with E-state index < -0.39 is 0 Å². The predicted octanol–water partition coefficient (Wildman–Crippen LogP) is 2.34. The Bertz CT molecular complexity index is 500. The summed E-state index contributed by atoms with van der Waals surface area (Å²) < 4.78 is 0. The maximum absolute atomic E-state index is 11.9. The molecule has 0 spiro atoms. The van der Waals surface area contributed by atoms with Crippen LogP contribution in [0.4, 0.5) is 4.79 Å². The average molecular weight is 324 g/mol. The van der Waals surface area contributed by atoms with E-state index in [0.717, 1.165) is 37.4 Å². The fourth-order valence-electron chi connectivity index (χ4n) is 2.82. The van der Waals surface area contributed by atoms with Crippen molar-refractivity contribution in [1.29, 1.82) is 0 Å². The third-order valence-corrected chi connectivity index (χ3v) is 5.25. The first-order valence-electron chi connectivity index (χ1n) is 8.23. The molecule has 1 aromatic rings. The average Bonchev–Trinajstić information content (AvgIpc) is 3.05. The summed E-state index contributed by atoms with van der Waals surface area (Å²) in [6, 6.07) is 0.770. The highest BCUT2D eigenvalue weighted by atomic mass is 32.1. The highest BCUT2D eigenvalue weighted by Crippen LogP contribution is 2.18. The van der Waals surface area contributed by atoms with Crippen molar-refractivity contribution in [3.63, 3.8) is 0 Å². The van der Waals surface area contributed by atoms with Crippen molar-refractivity contribution in [1.82, 2.24) is 20.5 Å². The van der Waals surface area contributed by atoms with Gasteiger partial charge in [-0.15, -0.1) is 11.3 Å². The fraction of sp³-hybridized carbons (Fsp3) is 0.750. The minimum Gasteiger partial charge on any atom is -0.338 e. The standard InChI is InChI=1S/C16H28N4OS/c1-5-14-12(4)22-15(19-14)6-8-17-16(21)18-13-7-9-20(10-13)11(2)3/h11,13H,5-10H2,1-4H3,(H2,17,18,21)/t13-/m0/s1. The molecule has 2 rings (SSSR count). The SMILES string of the molecule is CCc1nc(CCNC(=O)N[C@H]2CCN(C(C)C)C2)sc1C. The Labute approximate surface area is 137 Å². The summed E-state index contributed by atoms with van der Waals surface area (Å²) in [6.45, 7) is 11.3. The van der Waals surface area contributed by atoms with Gasteiger partial charge in [0.2, 0.25) is 0 Å². The minimum atomic E-state index is -0.0559. The van der Waals surface area contributed by atoms with Crippen LogP contribution in [0.3, 0.4) is 0 Å². The smallest absolute Gasteiger partial charge is 0.315 e. The number of nitrogens with zero attached hydrogens (tertiary/aromatic N) is 2. The van der Waals surface area contributed by atoms with Gasteiger partial charge in [-0.2, -0.15) is 0 Å². The van der Waals surface area contributed by atoms with Crippen molar-refractivity contribution in [2.45, 2.75) is 59.0 Å². The number of amides is 2. The number of aromatic nitrogens is 1. The Morgan fingerprint density at radius 3 is 2.86 bits per heavy atom. The summed E-state index contributed by atoms with van der Waals surface area (Å²) >= 11 is 1.74. The van der Waals surface area contributed by atoms with Crippen molar-refractivity contribution >= 4 is 17.4 Å². The largest absolute Gasteiger partial charge is 0.338 e. The number of thiazole rings is 1. The Kier molecular flexibility index (Phi) is 6.20. The summed E-state index contributed by atoms with van der Waals surface area (Å²) in [7, 11) is 0. The van der Waals surface area contributed by atoms with E-state index in [0.29, 0.717) is 12.6 Å². The van der Waals surface area contributed by atoms with Crippen LogP contribution in [0.1, 0.15) is 42.8 Å². The topological polar surface area (TPSA) is 57.3 Å². The van der Waals surface area contributed by atoms with Gasteiger partial charge in [0, 0.05) is 43.0 Å². The number of hydrogen-bond acceptors (Lipinski definition) is 4. The van der Waals surface area contributed by atoms with Crippen LogP contribution in [-0.4, -0.2) is 47.6 Å². The number of likely N-dealkylation sites (tertiary alicyclic amines) is 1. The number of aryl methyl sites for hydroxylation is 2. The van der Waals surface area contributed by atoms with Crippen LogP contribution in [0.25, 0.3) is 0 Å². The molecule has 124 valence electrons. The molecule has 2 N–H and O–H groups in total. The molecular formula is C16H28N4OS. The van der Waals surface area contributed by atoms with Gasteiger partial charge in [0.05, 0.1) is 10.7 Å². The van der Waals surface area contributed by atoms with E-state index in [1.165, 1.54) is 10.6 Å². The predicted molar refractivity (Wildman–Crippen MR) is 91.6 cm³/mol. The van der Waals surface area contributed by atoms with Gasteiger partial charge in [0.25, 0.3) is 0 Å². The zero-order chi connectivity index (χ0) is 16.1. The van der Waals surface area contributed by atoms with Crippen LogP contribution >= 0.6 is 11.3 Å².